The highest BCUT2D eigenvalue weighted by Gasteiger charge is 2.41. The van der Waals surface area contributed by atoms with Crippen LogP contribution in [0, 0.1) is 11.8 Å². The number of carboxylic acid groups (broad SMARTS) is 2. The molecule has 1 heterocycles. The van der Waals surface area contributed by atoms with E-state index in [1.807, 2.05) is 0 Å². The van der Waals surface area contributed by atoms with Crippen molar-refractivity contribution in [2.45, 2.75) is 25.6 Å². The summed E-state index contributed by atoms with van der Waals surface area (Å²) in [5.41, 5.74) is 5.41. The second-order valence-electron chi connectivity index (χ2n) is 3.78. The quantitative estimate of drug-likeness (QED) is 0.589. The molecule has 0 bridgehead atoms. The predicted octanol–water partition coefficient (Wildman–Crippen LogP) is -0.476. The molecule has 6 nitrogen and oxygen atoms in total. The highest BCUT2D eigenvalue weighted by atomic mass is 16.5. The molecule has 1 saturated heterocycles. The van der Waals surface area contributed by atoms with Crippen LogP contribution in [0.5, 0.6) is 0 Å². The number of aliphatic carboxylic acids is 2. The molecule has 0 amide bonds. The Kier molecular flexibility index (Phi) is 3.65. The van der Waals surface area contributed by atoms with E-state index < -0.39 is 30.1 Å². The Morgan fingerprint density at radius 2 is 2.00 bits per heavy atom. The van der Waals surface area contributed by atoms with Crippen molar-refractivity contribution in [1.82, 2.24) is 0 Å². The first-order chi connectivity index (χ1) is 6.97. The van der Waals surface area contributed by atoms with E-state index in [1.165, 1.54) is 0 Å². The van der Waals surface area contributed by atoms with Crippen molar-refractivity contribution in [1.29, 1.82) is 0 Å². The Balaban J connectivity index is 2.80. The lowest BCUT2D eigenvalue weighted by atomic mass is 9.82. The van der Waals surface area contributed by atoms with Crippen LogP contribution < -0.4 is 5.73 Å². The Morgan fingerprint density at radius 1 is 1.40 bits per heavy atom. The predicted molar refractivity (Wildman–Crippen MR) is 50.3 cm³/mol. The summed E-state index contributed by atoms with van der Waals surface area (Å²) in [5, 5.41) is 17.7. The minimum absolute atomic E-state index is 0.00231. The van der Waals surface area contributed by atoms with Crippen molar-refractivity contribution >= 4 is 11.9 Å². The van der Waals surface area contributed by atoms with Crippen LogP contribution in [0.25, 0.3) is 0 Å². The molecule has 1 aliphatic heterocycles. The Hall–Kier alpha value is -1.14. The van der Waals surface area contributed by atoms with Crippen molar-refractivity contribution in [2.24, 2.45) is 17.6 Å². The van der Waals surface area contributed by atoms with Crippen LogP contribution in [0.15, 0.2) is 0 Å². The van der Waals surface area contributed by atoms with E-state index in [2.05, 4.69) is 0 Å². The van der Waals surface area contributed by atoms with Gasteiger partial charge in [-0.1, -0.05) is 6.92 Å². The van der Waals surface area contributed by atoms with Gasteiger partial charge in [0, 0.05) is 6.54 Å². The maximum Gasteiger partial charge on any atom is 0.332 e. The Bertz CT molecular complexity index is 267. The minimum atomic E-state index is -1.13. The largest absolute Gasteiger partial charge is 0.481 e. The van der Waals surface area contributed by atoms with Crippen LogP contribution in [0.4, 0.5) is 0 Å². The van der Waals surface area contributed by atoms with Gasteiger partial charge in [-0.25, -0.2) is 4.79 Å². The molecular weight excluding hydrogens is 202 g/mol. The number of hydrogen-bond acceptors (Lipinski definition) is 4. The number of carbonyl (C=O) groups is 2. The molecule has 0 spiro atoms. The molecule has 0 radical (unpaired) electrons. The zero-order chi connectivity index (χ0) is 11.6. The lowest BCUT2D eigenvalue weighted by Crippen LogP contribution is -2.48. The maximum atomic E-state index is 10.9. The fourth-order valence-corrected chi connectivity index (χ4v) is 1.85. The highest BCUT2D eigenvalue weighted by molar-refractivity contribution is 5.76. The molecule has 1 rings (SSSR count). The molecular formula is C9H15NO5. The molecule has 1 aliphatic rings. The summed E-state index contributed by atoms with van der Waals surface area (Å²) in [7, 11) is 0. The number of hydrogen-bond donors (Lipinski definition) is 3. The summed E-state index contributed by atoms with van der Waals surface area (Å²) < 4.78 is 5.20. The number of nitrogens with two attached hydrogens (primary N) is 1. The third-order valence-electron chi connectivity index (χ3n) is 2.85. The molecule has 6 heteroatoms. The summed E-state index contributed by atoms with van der Waals surface area (Å²) in [6, 6.07) is 0. The first-order valence-electron chi connectivity index (χ1n) is 4.78. The third kappa shape index (κ3) is 2.45. The van der Waals surface area contributed by atoms with Crippen molar-refractivity contribution in [2.75, 3.05) is 6.54 Å². The van der Waals surface area contributed by atoms with Crippen LogP contribution in [0.2, 0.25) is 0 Å². The molecule has 15 heavy (non-hydrogen) atoms. The van der Waals surface area contributed by atoms with E-state index in [9.17, 15) is 9.59 Å². The second kappa shape index (κ2) is 4.59. The summed E-state index contributed by atoms with van der Waals surface area (Å²) in [6.07, 6.45) is -1.56. The summed E-state index contributed by atoms with van der Waals surface area (Å²) in [4.78, 5) is 21.6. The van der Waals surface area contributed by atoms with E-state index in [0.717, 1.165) is 0 Å². The molecule has 0 aliphatic carbocycles. The molecule has 0 aromatic carbocycles. The van der Waals surface area contributed by atoms with Gasteiger partial charge in [0.25, 0.3) is 0 Å². The zero-order valence-electron chi connectivity index (χ0n) is 8.42. The van der Waals surface area contributed by atoms with Gasteiger partial charge >= 0.3 is 11.9 Å². The van der Waals surface area contributed by atoms with E-state index in [4.69, 9.17) is 20.7 Å². The molecule has 4 unspecified atom stereocenters. The van der Waals surface area contributed by atoms with Gasteiger partial charge in [-0.2, -0.15) is 0 Å². The van der Waals surface area contributed by atoms with Crippen LogP contribution in [0.3, 0.4) is 0 Å². The Labute approximate surface area is 87.0 Å². The van der Waals surface area contributed by atoms with Crippen LogP contribution in [-0.2, 0) is 14.3 Å². The average molecular weight is 217 g/mol. The maximum absolute atomic E-state index is 10.9. The number of rotatable bonds is 3. The van der Waals surface area contributed by atoms with E-state index >= 15 is 0 Å². The molecule has 86 valence electrons. The van der Waals surface area contributed by atoms with Crippen molar-refractivity contribution in [3.05, 3.63) is 0 Å². The van der Waals surface area contributed by atoms with Crippen molar-refractivity contribution in [3.63, 3.8) is 0 Å². The van der Waals surface area contributed by atoms with E-state index in [0.29, 0.717) is 0 Å². The lowest BCUT2D eigenvalue weighted by molar-refractivity contribution is -0.174. The Morgan fingerprint density at radius 3 is 2.40 bits per heavy atom. The standard InChI is InChI=1S/C9H15NO5/c1-4-5(8(11)12)2-6(9(13)14)15-7(4)3-10/h4-7H,2-3,10H2,1H3,(H,11,12)(H,13,14). The van der Waals surface area contributed by atoms with Gasteiger partial charge in [0.2, 0.25) is 0 Å². The summed E-state index contributed by atoms with van der Waals surface area (Å²) in [5.74, 6) is -3.08. The fourth-order valence-electron chi connectivity index (χ4n) is 1.85. The SMILES string of the molecule is CC1C(CN)OC(C(=O)O)CC1C(=O)O. The van der Waals surface area contributed by atoms with Gasteiger partial charge in [-0.15, -0.1) is 0 Å². The number of carboxylic acids is 2. The number of ether oxygens (including phenoxy) is 1. The van der Waals surface area contributed by atoms with Gasteiger partial charge in [-0.3, -0.25) is 4.79 Å². The van der Waals surface area contributed by atoms with Crippen LogP contribution in [-0.4, -0.2) is 40.9 Å². The average Bonchev–Trinajstić information content (AvgIpc) is 2.17. The summed E-state index contributed by atoms with van der Waals surface area (Å²) in [6.45, 7) is 1.85. The van der Waals surface area contributed by atoms with Gasteiger partial charge in [0.15, 0.2) is 6.10 Å². The van der Waals surface area contributed by atoms with E-state index in [1.54, 1.807) is 6.92 Å². The van der Waals surface area contributed by atoms with Gasteiger partial charge in [0.05, 0.1) is 12.0 Å². The zero-order valence-corrected chi connectivity index (χ0v) is 8.42. The molecule has 1 fully saturated rings. The minimum Gasteiger partial charge on any atom is -0.481 e. The highest BCUT2D eigenvalue weighted by Crippen LogP contribution is 2.30. The smallest absolute Gasteiger partial charge is 0.332 e. The molecule has 0 aromatic heterocycles. The van der Waals surface area contributed by atoms with Gasteiger partial charge in [-0.05, 0) is 12.3 Å². The normalized spacial score (nSPS) is 36.1. The first kappa shape index (κ1) is 11.9. The summed E-state index contributed by atoms with van der Waals surface area (Å²) >= 11 is 0. The molecule has 4 atom stereocenters. The first-order valence-corrected chi connectivity index (χ1v) is 4.78. The third-order valence-corrected chi connectivity index (χ3v) is 2.85. The monoisotopic (exact) mass is 217 g/mol. The van der Waals surface area contributed by atoms with Gasteiger partial charge in [0.1, 0.15) is 0 Å². The topological polar surface area (TPSA) is 110 Å². The van der Waals surface area contributed by atoms with Crippen molar-refractivity contribution < 1.29 is 24.5 Å². The van der Waals surface area contributed by atoms with E-state index in [-0.39, 0.29) is 18.9 Å². The molecule has 4 N–H and O–H groups in total. The lowest BCUT2D eigenvalue weighted by Gasteiger charge is -2.36. The van der Waals surface area contributed by atoms with Crippen LogP contribution in [0.1, 0.15) is 13.3 Å². The molecule has 0 aromatic rings. The second-order valence-corrected chi connectivity index (χ2v) is 3.78. The van der Waals surface area contributed by atoms with Crippen molar-refractivity contribution in [3.8, 4) is 0 Å². The molecule has 0 saturated carbocycles. The van der Waals surface area contributed by atoms with Crippen LogP contribution >= 0.6 is 0 Å². The fraction of sp³-hybridized carbons (Fsp3) is 0.778. The van der Waals surface area contributed by atoms with Gasteiger partial charge < -0.3 is 20.7 Å².